The molecule has 4 nitrogen and oxygen atoms in total. The third-order valence-electron chi connectivity index (χ3n) is 2.88. The molecular formula is C15H16N2O2. The maximum atomic E-state index is 11.2. The van der Waals surface area contributed by atoms with E-state index in [0.29, 0.717) is 5.56 Å². The summed E-state index contributed by atoms with van der Waals surface area (Å²) in [6.07, 6.45) is 5.69. The second-order valence-electron chi connectivity index (χ2n) is 4.31. The van der Waals surface area contributed by atoms with Crippen molar-refractivity contribution in [1.29, 1.82) is 0 Å². The van der Waals surface area contributed by atoms with Crippen LogP contribution in [0.4, 0.5) is 0 Å². The fourth-order valence-electron chi connectivity index (χ4n) is 1.81. The number of aryl methyl sites for hydroxylation is 2. The molecule has 0 saturated heterocycles. The minimum Gasteiger partial charge on any atom is -0.388 e. The third kappa shape index (κ3) is 3.96. The number of ketones is 1. The molecule has 0 amide bonds. The second-order valence-corrected chi connectivity index (χ2v) is 4.31. The average Bonchev–Trinajstić information content (AvgIpc) is 2.48. The molecule has 98 valence electrons. The van der Waals surface area contributed by atoms with Gasteiger partial charge in [0, 0.05) is 18.8 Å². The van der Waals surface area contributed by atoms with Gasteiger partial charge in [-0.25, -0.2) is 9.97 Å². The van der Waals surface area contributed by atoms with E-state index >= 15 is 0 Å². The summed E-state index contributed by atoms with van der Waals surface area (Å²) in [5.41, 5.74) is 1.66. The number of nitrogens with zero attached hydrogens (tertiary/aromatic N) is 2. The van der Waals surface area contributed by atoms with Crippen molar-refractivity contribution in [3.63, 3.8) is 0 Å². The molecule has 0 aliphatic rings. The van der Waals surface area contributed by atoms with Crippen LogP contribution in [-0.2, 0) is 12.8 Å². The molecule has 19 heavy (non-hydrogen) atoms. The number of aromatic nitrogens is 2. The zero-order valence-corrected chi connectivity index (χ0v) is 10.6. The molecule has 1 aromatic carbocycles. The highest BCUT2D eigenvalue weighted by Gasteiger charge is 2.05. The number of aliphatic hydroxyl groups excluding tert-OH is 1. The topological polar surface area (TPSA) is 63.1 Å². The van der Waals surface area contributed by atoms with Gasteiger partial charge in [0.1, 0.15) is 12.4 Å². The Bertz CT molecular complexity index is 524. The lowest BCUT2D eigenvalue weighted by molar-refractivity contribution is 0.0903. The Morgan fingerprint density at radius 3 is 2.37 bits per heavy atom. The van der Waals surface area contributed by atoms with Crippen molar-refractivity contribution in [2.24, 2.45) is 0 Å². The van der Waals surface area contributed by atoms with Gasteiger partial charge in [-0.15, -0.1) is 0 Å². The molecule has 1 heterocycles. The minimum atomic E-state index is -0.503. The Kier molecular flexibility index (Phi) is 4.75. The molecule has 1 N–H and O–H groups in total. The van der Waals surface area contributed by atoms with Crippen LogP contribution in [0.1, 0.15) is 28.2 Å². The molecule has 1 aromatic heterocycles. The monoisotopic (exact) mass is 256 g/mol. The van der Waals surface area contributed by atoms with E-state index in [-0.39, 0.29) is 5.78 Å². The Balaban J connectivity index is 1.85. The molecule has 0 atom stereocenters. The molecule has 0 saturated carbocycles. The molecule has 0 radical (unpaired) electrons. The van der Waals surface area contributed by atoms with Gasteiger partial charge in [0.25, 0.3) is 0 Å². The lowest BCUT2D eigenvalue weighted by atomic mass is 10.1. The first-order chi connectivity index (χ1) is 9.29. The summed E-state index contributed by atoms with van der Waals surface area (Å²) < 4.78 is 0. The van der Waals surface area contributed by atoms with Crippen molar-refractivity contribution in [1.82, 2.24) is 9.97 Å². The van der Waals surface area contributed by atoms with Crippen LogP contribution in [0.25, 0.3) is 0 Å². The molecule has 0 aliphatic carbocycles. The van der Waals surface area contributed by atoms with E-state index in [2.05, 4.69) is 22.1 Å². The van der Waals surface area contributed by atoms with Gasteiger partial charge in [-0.1, -0.05) is 30.3 Å². The fourth-order valence-corrected chi connectivity index (χ4v) is 1.81. The summed E-state index contributed by atoms with van der Waals surface area (Å²) in [7, 11) is 0. The van der Waals surface area contributed by atoms with Crippen LogP contribution in [0.2, 0.25) is 0 Å². The summed E-state index contributed by atoms with van der Waals surface area (Å²) in [5.74, 6) is 0.376. The van der Waals surface area contributed by atoms with Crippen LogP contribution in [0.3, 0.4) is 0 Å². The van der Waals surface area contributed by atoms with E-state index in [1.807, 2.05) is 18.2 Å². The van der Waals surface area contributed by atoms with Crippen molar-refractivity contribution in [2.45, 2.75) is 19.3 Å². The van der Waals surface area contributed by atoms with Crippen molar-refractivity contribution >= 4 is 5.78 Å². The van der Waals surface area contributed by atoms with Gasteiger partial charge in [0.15, 0.2) is 5.78 Å². The van der Waals surface area contributed by atoms with E-state index in [9.17, 15) is 4.79 Å². The van der Waals surface area contributed by atoms with Gasteiger partial charge in [0.05, 0.1) is 5.56 Å². The van der Waals surface area contributed by atoms with E-state index < -0.39 is 6.61 Å². The predicted molar refractivity (Wildman–Crippen MR) is 71.9 cm³/mol. The van der Waals surface area contributed by atoms with Crippen molar-refractivity contribution in [3.8, 4) is 0 Å². The van der Waals surface area contributed by atoms with E-state index in [1.165, 1.54) is 18.0 Å². The Labute approximate surface area is 112 Å². The van der Waals surface area contributed by atoms with Crippen LogP contribution in [0.5, 0.6) is 0 Å². The maximum Gasteiger partial charge on any atom is 0.191 e. The number of aliphatic hydroxyl groups is 1. The van der Waals surface area contributed by atoms with Crippen molar-refractivity contribution in [3.05, 3.63) is 59.7 Å². The zero-order valence-electron chi connectivity index (χ0n) is 10.6. The first kappa shape index (κ1) is 13.4. The molecule has 0 fully saturated rings. The smallest absolute Gasteiger partial charge is 0.191 e. The summed E-state index contributed by atoms with van der Waals surface area (Å²) in [6.45, 7) is -0.503. The number of hydrogen-bond donors (Lipinski definition) is 1. The highest BCUT2D eigenvalue weighted by Crippen LogP contribution is 2.06. The quantitative estimate of drug-likeness (QED) is 0.801. The van der Waals surface area contributed by atoms with Gasteiger partial charge < -0.3 is 5.11 Å². The van der Waals surface area contributed by atoms with Gasteiger partial charge in [0.2, 0.25) is 0 Å². The largest absolute Gasteiger partial charge is 0.388 e. The number of hydrogen-bond acceptors (Lipinski definition) is 4. The predicted octanol–water partition coefficient (Wildman–Crippen LogP) is 1.83. The summed E-state index contributed by atoms with van der Waals surface area (Å²) in [5, 5.41) is 8.72. The van der Waals surface area contributed by atoms with Gasteiger partial charge in [-0.2, -0.15) is 0 Å². The third-order valence-corrected chi connectivity index (χ3v) is 2.88. The molecule has 2 aromatic rings. The van der Waals surface area contributed by atoms with Crippen molar-refractivity contribution in [2.75, 3.05) is 6.61 Å². The number of rotatable bonds is 6. The Morgan fingerprint density at radius 2 is 1.74 bits per heavy atom. The number of benzene rings is 1. The Hall–Kier alpha value is -2.07. The average molecular weight is 256 g/mol. The normalized spacial score (nSPS) is 10.4. The molecule has 0 bridgehead atoms. The second kappa shape index (κ2) is 6.75. The van der Waals surface area contributed by atoms with Gasteiger partial charge in [-0.3, -0.25) is 4.79 Å². The van der Waals surface area contributed by atoms with E-state index in [4.69, 9.17) is 5.11 Å². The fraction of sp³-hybridized carbons (Fsp3) is 0.267. The molecular weight excluding hydrogens is 240 g/mol. The van der Waals surface area contributed by atoms with E-state index in [0.717, 1.165) is 25.1 Å². The summed E-state index contributed by atoms with van der Waals surface area (Å²) >= 11 is 0. The Morgan fingerprint density at radius 1 is 1.05 bits per heavy atom. The van der Waals surface area contributed by atoms with Crippen LogP contribution in [0.15, 0.2) is 42.7 Å². The van der Waals surface area contributed by atoms with Crippen LogP contribution < -0.4 is 0 Å². The van der Waals surface area contributed by atoms with Crippen LogP contribution in [-0.4, -0.2) is 27.5 Å². The zero-order chi connectivity index (χ0) is 13.5. The number of Topliss-reactive ketones (excluding diaryl/α,β-unsaturated/α-hetero) is 1. The number of carbonyl (C=O) groups excluding carboxylic acids is 1. The first-order valence-electron chi connectivity index (χ1n) is 6.28. The first-order valence-corrected chi connectivity index (χ1v) is 6.28. The van der Waals surface area contributed by atoms with E-state index in [1.54, 1.807) is 0 Å². The SMILES string of the molecule is O=C(CO)c1cnc(CCCc2ccccc2)nc1. The molecule has 0 spiro atoms. The molecule has 4 heteroatoms. The van der Waals surface area contributed by atoms with Crippen LogP contribution in [0, 0.1) is 0 Å². The van der Waals surface area contributed by atoms with Gasteiger partial charge in [-0.05, 0) is 18.4 Å². The standard InChI is InChI=1S/C15H16N2O2/c18-11-14(19)13-9-16-15(17-10-13)8-4-7-12-5-2-1-3-6-12/h1-3,5-6,9-10,18H,4,7-8,11H2. The number of carbonyl (C=O) groups is 1. The molecule has 0 unspecified atom stereocenters. The molecule has 0 aliphatic heterocycles. The lowest BCUT2D eigenvalue weighted by Gasteiger charge is -2.02. The lowest BCUT2D eigenvalue weighted by Crippen LogP contribution is -2.07. The highest BCUT2D eigenvalue weighted by atomic mass is 16.3. The van der Waals surface area contributed by atoms with Gasteiger partial charge >= 0.3 is 0 Å². The summed E-state index contributed by atoms with van der Waals surface area (Å²) in [6, 6.07) is 10.3. The van der Waals surface area contributed by atoms with Crippen molar-refractivity contribution < 1.29 is 9.90 Å². The highest BCUT2D eigenvalue weighted by molar-refractivity contribution is 5.96. The maximum absolute atomic E-state index is 11.2. The minimum absolute atomic E-state index is 0.351. The summed E-state index contributed by atoms with van der Waals surface area (Å²) in [4.78, 5) is 19.5. The molecule has 2 rings (SSSR count). The van der Waals surface area contributed by atoms with Crippen LogP contribution >= 0.6 is 0 Å².